The summed E-state index contributed by atoms with van der Waals surface area (Å²) in [6, 6.07) is 9.24. The van der Waals surface area contributed by atoms with Gasteiger partial charge in [0.15, 0.2) is 4.21 Å². The minimum Gasteiger partial charge on any atom is -0.351 e. The number of nitrogens with zero attached hydrogens (tertiary/aromatic N) is 2. The molecule has 2 aromatic carbocycles. The van der Waals surface area contributed by atoms with Crippen LogP contribution >= 0.6 is 23.2 Å². The van der Waals surface area contributed by atoms with Crippen molar-refractivity contribution in [2.75, 3.05) is 20.1 Å². The van der Waals surface area contributed by atoms with E-state index in [-0.39, 0.29) is 50.3 Å². The third-order valence-electron chi connectivity index (χ3n) is 8.60. The van der Waals surface area contributed by atoms with E-state index in [4.69, 9.17) is 23.2 Å². The molecule has 0 atom stereocenters. The van der Waals surface area contributed by atoms with Gasteiger partial charge in [-0.15, -0.1) is 0 Å². The molecule has 280 valence electrons. The first-order valence-electron chi connectivity index (χ1n) is 16.2. The molecule has 2 aliphatic carbocycles. The van der Waals surface area contributed by atoms with Gasteiger partial charge in [-0.05, 0) is 81.3 Å². The Morgan fingerprint density at radius 1 is 0.808 bits per heavy atom. The van der Waals surface area contributed by atoms with Gasteiger partial charge < -0.3 is 19.8 Å². The number of rotatable bonds is 11. The molecule has 2 fully saturated rings. The normalized spacial score (nSPS) is 14.9. The van der Waals surface area contributed by atoms with Crippen molar-refractivity contribution in [1.29, 1.82) is 0 Å². The van der Waals surface area contributed by atoms with E-state index in [0.29, 0.717) is 32.1 Å². The molecule has 0 unspecified atom stereocenters. The summed E-state index contributed by atoms with van der Waals surface area (Å²) in [7, 11) is -4.46. The number of pyridine rings is 2. The maximum atomic E-state index is 14.4. The molecule has 0 spiro atoms. The Balaban J connectivity index is 0.000000202. The van der Waals surface area contributed by atoms with Gasteiger partial charge in [-0.2, -0.15) is 0 Å². The Hall–Kier alpha value is -4.12. The van der Waals surface area contributed by atoms with E-state index in [1.165, 1.54) is 53.8 Å². The Morgan fingerprint density at radius 3 is 1.88 bits per heavy atom. The van der Waals surface area contributed by atoms with E-state index < -0.39 is 46.7 Å². The van der Waals surface area contributed by atoms with E-state index in [9.17, 15) is 35.2 Å². The van der Waals surface area contributed by atoms with Crippen molar-refractivity contribution in [3.8, 4) is 0 Å². The molecule has 6 rings (SSSR count). The first-order valence-corrected chi connectivity index (χ1v) is 20.0. The van der Waals surface area contributed by atoms with E-state index in [1.54, 1.807) is 32.0 Å². The third-order valence-corrected chi connectivity index (χ3v) is 13.6. The molecular weight excluding hydrogens is 761 g/mol. The van der Waals surface area contributed by atoms with Crippen LogP contribution in [0.3, 0.4) is 0 Å². The number of aromatic nitrogens is 2. The standard InChI is InChI=1S/C18H21ClFN3O3S.C16H17ClFN3O3S/c1-4-12-5-6-14(13(20)9-12)21-16-11(2)17(24)23(3)10-15(16)22-27(25,26)18(19)7-8-18;1-9-3-6-12(11(18)7-9)19-15-13(8-21(2)16(22)14(15)17)20-25(23,24)10-4-5-10/h5-6,9-10,21-22H,4,7-8H2,1-3H3;3,6-8,10,19-20H,4-5H2,1-2H3. The second kappa shape index (κ2) is 14.7. The van der Waals surface area contributed by atoms with Crippen LogP contribution < -0.4 is 31.2 Å². The summed E-state index contributed by atoms with van der Waals surface area (Å²) in [6.45, 7) is 5.21. The topological polar surface area (TPSA) is 160 Å². The number of nitrogens with one attached hydrogen (secondary N) is 4. The number of hydrogen-bond acceptors (Lipinski definition) is 8. The van der Waals surface area contributed by atoms with Gasteiger partial charge in [-0.3, -0.25) is 19.0 Å². The van der Waals surface area contributed by atoms with E-state index in [2.05, 4.69) is 20.1 Å². The first-order chi connectivity index (χ1) is 24.3. The van der Waals surface area contributed by atoms with Crippen molar-refractivity contribution in [1.82, 2.24) is 9.13 Å². The van der Waals surface area contributed by atoms with Crippen molar-refractivity contribution < 1.29 is 25.6 Å². The SMILES string of the molecule is CCc1ccc(Nc2c(NS(=O)(=O)C3(Cl)CC3)cn(C)c(=O)c2C)c(F)c1.Cc1ccc(Nc2c(NS(=O)(=O)C3CC3)cn(C)c(=O)c2Cl)c(F)c1. The summed E-state index contributed by atoms with van der Waals surface area (Å²) < 4.78 is 84.1. The smallest absolute Gasteiger partial charge is 0.271 e. The van der Waals surface area contributed by atoms with E-state index >= 15 is 0 Å². The fraction of sp³-hybridized carbons (Fsp3) is 0.353. The molecule has 4 N–H and O–H groups in total. The summed E-state index contributed by atoms with van der Waals surface area (Å²) in [4.78, 5) is 24.4. The number of hydrogen-bond donors (Lipinski definition) is 4. The quantitative estimate of drug-likeness (QED) is 0.121. The maximum absolute atomic E-state index is 14.4. The van der Waals surface area contributed by atoms with E-state index in [1.807, 2.05) is 6.92 Å². The molecule has 2 aromatic heterocycles. The van der Waals surface area contributed by atoms with Crippen molar-refractivity contribution >= 4 is 77.4 Å². The molecule has 2 heterocycles. The van der Waals surface area contributed by atoms with Crippen LogP contribution in [0.1, 0.15) is 49.3 Å². The van der Waals surface area contributed by atoms with Gasteiger partial charge >= 0.3 is 0 Å². The molecule has 0 saturated heterocycles. The van der Waals surface area contributed by atoms with Gasteiger partial charge in [-0.25, -0.2) is 25.6 Å². The van der Waals surface area contributed by atoms with E-state index in [0.717, 1.165) is 11.1 Å². The Bertz CT molecular complexity index is 2400. The highest BCUT2D eigenvalue weighted by Crippen LogP contribution is 2.48. The second-order valence-electron chi connectivity index (χ2n) is 12.8. The molecule has 2 saturated carbocycles. The predicted octanol–water partition coefficient (Wildman–Crippen LogP) is 6.74. The highest BCUT2D eigenvalue weighted by molar-refractivity contribution is 7.95. The maximum Gasteiger partial charge on any atom is 0.271 e. The van der Waals surface area contributed by atoms with Gasteiger partial charge in [0.2, 0.25) is 10.0 Å². The zero-order valence-corrected chi connectivity index (χ0v) is 32.0. The summed E-state index contributed by atoms with van der Waals surface area (Å²) >= 11 is 12.2. The van der Waals surface area contributed by atoms with Crippen LogP contribution in [-0.4, -0.2) is 35.4 Å². The fourth-order valence-electron chi connectivity index (χ4n) is 5.11. The monoisotopic (exact) mass is 798 g/mol. The number of benzene rings is 2. The summed E-state index contributed by atoms with van der Waals surface area (Å²) in [5.74, 6) is -1.02. The lowest BCUT2D eigenvalue weighted by Gasteiger charge is -2.19. The van der Waals surface area contributed by atoms with Crippen LogP contribution in [0.5, 0.6) is 0 Å². The number of sulfonamides is 2. The second-order valence-corrected chi connectivity index (χ2v) is 18.1. The number of anilines is 6. The van der Waals surface area contributed by atoms with Crippen LogP contribution in [0.25, 0.3) is 0 Å². The predicted molar refractivity (Wildman–Crippen MR) is 203 cm³/mol. The van der Waals surface area contributed by atoms with Gasteiger partial charge in [0.25, 0.3) is 21.1 Å². The number of alkyl halides is 1. The molecule has 0 aliphatic heterocycles. The Kier molecular flexibility index (Phi) is 11.1. The molecule has 0 radical (unpaired) electrons. The van der Waals surface area contributed by atoms with Crippen molar-refractivity contribution in [3.05, 3.63) is 103 Å². The third kappa shape index (κ3) is 8.40. The molecule has 12 nitrogen and oxygen atoms in total. The highest BCUT2D eigenvalue weighted by Gasteiger charge is 2.53. The average Bonchev–Trinajstić information content (AvgIpc) is 4.01. The van der Waals surface area contributed by atoms with Crippen molar-refractivity contribution in [3.63, 3.8) is 0 Å². The molecule has 18 heteroatoms. The molecular formula is C34H38Cl2F2N6O6S2. The minimum atomic E-state index is -3.86. The number of halogens is 4. The van der Waals surface area contributed by atoms with Crippen molar-refractivity contribution in [2.24, 2.45) is 14.1 Å². The number of aryl methyl sites for hydroxylation is 4. The van der Waals surface area contributed by atoms with Crippen LogP contribution in [0.2, 0.25) is 5.02 Å². The summed E-state index contributed by atoms with van der Waals surface area (Å²) in [5.41, 5.74) is 1.68. The molecule has 0 bridgehead atoms. The zero-order chi connectivity index (χ0) is 38.3. The van der Waals surface area contributed by atoms with Gasteiger partial charge in [0, 0.05) is 32.1 Å². The Morgan fingerprint density at radius 2 is 1.35 bits per heavy atom. The largest absolute Gasteiger partial charge is 0.351 e. The lowest BCUT2D eigenvalue weighted by molar-refractivity contribution is 0.596. The van der Waals surface area contributed by atoms with Crippen molar-refractivity contribution in [2.45, 2.75) is 62.3 Å². The molecule has 52 heavy (non-hydrogen) atoms. The van der Waals surface area contributed by atoms with Gasteiger partial charge in [0.1, 0.15) is 16.7 Å². The zero-order valence-electron chi connectivity index (χ0n) is 28.9. The van der Waals surface area contributed by atoms with Gasteiger partial charge in [-0.1, -0.05) is 42.3 Å². The molecule has 0 amide bonds. The highest BCUT2D eigenvalue weighted by atomic mass is 35.5. The van der Waals surface area contributed by atoms with Crippen LogP contribution in [0.15, 0.2) is 58.4 Å². The molecule has 2 aliphatic rings. The molecule has 4 aromatic rings. The summed E-state index contributed by atoms with van der Waals surface area (Å²) in [5, 5.41) is 4.93. The lowest BCUT2D eigenvalue weighted by Crippen LogP contribution is -2.28. The fourth-order valence-corrected chi connectivity index (χ4v) is 8.26. The Labute approximate surface area is 310 Å². The lowest BCUT2D eigenvalue weighted by atomic mass is 10.1. The van der Waals surface area contributed by atoms with Crippen LogP contribution in [0, 0.1) is 25.5 Å². The summed E-state index contributed by atoms with van der Waals surface area (Å²) in [6.07, 6.45) is 5.24. The minimum absolute atomic E-state index is 0.0248. The van der Waals surface area contributed by atoms with Crippen LogP contribution in [-0.2, 0) is 40.6 Å². The first kappa shape index (κ1) is 39.1. The average molecular weight is 800 g/mol. The van der Waals surface area contributed by atoms with Crippen LogP contribution in [0.4, 0.5) is 42.9 Å². The van der Waals surface area contributed by atoms with Gasteiger partial charge in [0.05, 0.1) is 39.4 Å².